The summed E-state index contributed by atoms with van der Waals surface area (Å²) in [5, 5.41) is 3.59. The van der Waals surface area contributed by atoms with E-state index in [-0.39, 0.29) is 5.54 Å². The van der Waals surface area contributed by atoms with Crippen molar-refractivity contribution in [1.82, 2.24) is 15.3 Å². The molecule has 0 amide bonds. The average molecular weight is 318 g/mol. The highest BCUT2D eigenvalue weighted by molar-refractivity contribution is 5.38. The van der Waals surface area contributed by atoms with E-state index in [1.165, 1.54) is 23.2 Å². The van der Waals surface area contributed by atoms with E-state index < -0.39 is 0 Å². The number of aromatic amines is 1. The molecule has 0 radical (unpaired) electrons. The number of nitrogens with one attached hydrogen (secondary N) is 2. The second kappa shape index (κ2) is 11.9. The Balaban J connectivity index is 0.000000609. The molecule has 0 aliphatic carbocycles. The van der Waals surface area contributed by atoms with Gasteiger partial charge in [-0.25, -0.2) is 4.98 Å². The molecule has 1 atom stereocenters. The first-order valence-electron chi connectivity index (χ1n) is 9.00. The highest BCUT2D eigenvalue weighted by Crippen LogP contribution is 2.33. The number of hydrogen-bond acceptors (Lipinski definition) is 2. The standard InChI is InChI=1S/C13H15N3.C3H8.2C2H6/c1-13(6-11-8-14-9-15-11)12-5-3-2-4-10(12)7-16-13;1-3-2;2*1-2/h2-5,8-9,16H,6-7H2,1H3,(H,14,15);3H2,1-2H3;2*1-2H3. The maximum absolute atomic E-state index is 4.07. The summed E-state index contributed by atoms with van der Waals surface area (Å²) in [6.45, 7) is 15.5. The van der Waals surface area contributed by atoms with Crippen LogP contribution in [0.25, 0.3) is 0 Å². The summed E-state index contributed by atoms with van der Waals surface area (Å²) in [5.41, 5.74) is 4.02. The number of nitrogens with zero attached hydrogens (tertiary/aromatic N) is 1. The molecule has 23 heavy (non-hydrogen) atoms. The molecule has 1 aromatic carbocycles. The smallest absolute Gasteiger partial charge is 0.0921 e. The molecule has 0 saturated heterocycles. The van der Waals surface area contributed by atoms with Gasteiger partial charge in [-0.1, -0.05) is 72.2 Å². The van der Waals surface area contributed by atoms with Crippen LogP contribution < -0.4 is 5.32 Å². The molecule has 0 fully saturated rings. The van der Waals surface area contributed by atoms with Crippen molar-refractivity contribution in [1.29, 1.82) is 0 Å². The van der Waals surface area contributed by atoms with E-state index in [0.29, 0.717) is 0 Å². The minimum atomic E-state index is 0.0309. The Labute approximate surface area is 142 Å². The molecule has 2 N–H and O–H groups in total. The number of imidazole rings is 1. The number of fused-ring (bicyclic) bond motifs is 1. The van der Waals surface area contributed by atoms with Gasteiger partial charge in [-0.3, -0.25) is 0 Å². The molecule has 1 aliphatic heterocycles. The molecule has 0 bridgehead atoms. The lowest BCUT2D eigenvalue weighted by Crippen LogP contribution is -2.35. The largest absolute Gasteiger partial charge is 0.348 e. The first kappa shape index (κ1) is 21.4. The number of H-pyrrole nitrogens is 1. The van der Waals surface area contributed by atoms with Gasteiger partial charge >= 0.3 is 0 Å². The normalized spacial score (nSPS) is 17.5. The molecule has 3 nitrogen and oxygen atoms in total. The molecule has 1 aromatic heterocycles. The van der Waals surface area contributed by atoms with Crippen LogP contribution in [0.5, 0.6) is 0 Å². The average Bonchev–Trinajstić information content (AvgIpc) is 3.21. The van der Waals surface area contributed by atoms with Crippen molar-refractivity contribution < 1.29 is 0 Å². The van der Waals surface area contributed by atoms with Crippen molar-refractivity contribution in [2.45, 2.75) is 73.4 Å². The monoisotopic (exact) mass is 317 g/mol. The topological polar surface area (TPSA) is 40.7 Å². The van der Waals surface area contributed by atoms with E-state index in [0.717, 1.165) is 13.0 Å². The Morgan fingerprint density at radius 3 is 2.26 bits per heavy atom. The summed E-state index contributed by atoms with van der Waals surface area (Å²) in [5.74, 6) is 0. The zero-order valence-corrected chi connectivity index (χ0v) is 16.0. The van der Waals surface area contributed by atoms with Gasteiger partial charge in [0.15, 0.2) is 0 Å². The zero-order chi connectivity index (χ0) is 17.7. The second-order valence-corrected chi connectivity index (χ2v) is 5.30. The van der Waals surface area contributed by atoms with Gasteiger partial charge in [0, 0.05) is 30.4 Å². The van der Waals surface area contributed by atoms with Crippen LogP contribution in [0.3, 0.4) is 0 Å². The lowest BCUT2D eigenvalue weighted by molar-refractivity contribution is 0.393. The van der Waals surface area contributed by atoms with Crippen LogP contribution in [0.15, 0.2) is 36.8 Å². The summed E-state index contributed by atoms with van der Waals surface area (Å²) >= 11 is 0. The quantitative estimate of drug-likeness (QED) is 0.774. The van der Waals surface area contributed by atoms with E-state index >= 15 is 0 Å². The minimum absolute atomic E-state index is 0.0309. The van der Waals surface area contributed by atoms with Gasteiger partial charge in [-0.2, -0.15) is 0 Å². The molecule has 2 aromatic rings. The molecule has 130 valence electrons. The van der Waals surface area contributed by atoms with E-state index in [1.54, 1.807) is 6.33 Å². The van der Waals surface area contributed by atoms with Crippen LogP contribution >= 0.6 is 0 Å². The maximum atomic E-state index is 4.07. The summed E-state index contributed by atoms with van der Waals surface area (Å²) in [6.07, 6.45) is 5.83. The molecule has 3 rings (SSSR count). The van der Waals surface area contributed by atoms with Gasteiger partial charge < -0.3 is 10.3 Å². The van der Waals surface area contributed by atoms with Gasteiger partial charge in [0.25, 0.3) is 0 Å². The Hall–Kier alpha value is -1.61. The van der Waals surface area contributed by atoms with E-state index in [2.05, 4.69) is 60.3 Å². The van der Waals surface area contributed by atoms with Crippen molar-refractivity contribution in [2.75, 3.05) is 0 Å². The fourth-order valence-electron chi connectivity index (χ4n) is 2.52. The minimum Gasteiger partial charge on any atom is -0.348 e. The summed E-state index contributed by atoms with van der Waals surface area (Å²) < 4.78 is 0. The lowest BCUT2D eigenvalue weighted by Gasteiger charge is -2.25. The molecular weight excluding hydrogens is 282 g/mol. The molecule has 0 spiro atoms. The summed E-state index contributed by atoms with van der Waals surface area (Å²) in [6, 6.07) is 8.62. The van der Waals surface area contributed by atoms with Crippen LogP contribution in [0.1, 0.15) is 71.7 Å². The van der Waals surface area contributed by atoms with Crippen molar-refractivity contribution in [3.8, 4) is 0 Å². The van der Waals surface area contributed by atoms with Crippen molar-refractivity contribution in [3.05, 3.63) is 53.6 Å². The molecule has 3 heteroatoms. The SMILES string of the molecule is CC.CC.CC1(Cc2cnc[nH]2)NCc2ccccc21.CCC. The van der Waals surface area contributed by atoms with Crippen molar-refractivity contribution >= 4 is 0 Å². The van der Waals surface area contributed by atoms with Crippen LogP contribution in [0.4, 0.5) is 0 Å². The summed E-state index contributed by atoms with van der Waals surface area (Å²) in [7, 11) is 0. The number of aromatic nitrogens is 2. The molecule has 1 unspecified atom stereocenters. The molecule has 2 heterocycles. The maximum Gasteiger partial charge on any atom is 0.0921 e. The van der Waals surface area contributed by atoms with Crippen molar-refractivity contribution in [3.63, 3.8) is 0 Å². The molecule has 0 saturated carbocycles. The van der Waals surface area contributed by atoms with E-state index in [9.17, 15) is 0 Å². The molecule has 1 aliphatic rings. The third-order valence-electron chi connectivity index (χ3n) is 3.38. The van der Waals surface area contributed by atoms with E-state index in [1.807, 2.05) is 33.9 Å². The Morgan fingerprint density at radius 1 is 1.09 bits per heavy atom. The Kier molecular flexibility index (Phi) is 11.1. The van der Waals surface area contributed by atoms with Gasteiger partial charge in [0.1, 0.15) is 0 Å². The molecular formula is C20H35N3. The fraction of sp³-hybridized carbons (Fsp3) is 0.550. The van der Waals surface area contributed by atoms with Crippen LogP contribution in [0, 0.1) is 0 Å². The van der Waals surface area contributed by atoms with Gasteiger partial charge in [-0.05, 0) is 18.1 Å². The third-order valence-corrected chi connectivity index (χ3v) is 3.38. The van der Waals surface area contributed by atoms with Gasteiger partial charge in [0.05, 0.1) is 6.33 Å². The lowest BCUT2D eigenvalue weighted by atomic mass is 9.88. The van der Waals surface area contributed by atoms with Crippen LogP contribution in [-0.2, 0) is 18.5 Å². The van der Waals surface area contributed by atoms with Crippen molar-refractivity contribution in [2.24, 2.45) is 0 Å². The number of rotatable bonds is 2. The highest BCUT2D eigenvalue weighted by atomic mass is 15.0. The predicted octanol–water partition coefficient (Wildman–Crippen LogP) is 5.44. The van der Waals surface area contributed by atoms with Gasteiger partial charge in [0.2, 0.25) is 0 Å². The first-order chi connectivity index (χ1) is 11.2. The highest BCUT2D eigenvalue weighted by Gasteiger charge is 2.33. The summed E-state index contributed by atoms with van der Waals surface area (Å²) in [4.78, 5) is 7.24. The van der Waals surface area contributed by atoms with Crippen LogP contribution in [0.2, 0.25) is 0 Å². The third kappa shape index (κ3) is 6.19. The van der Waals surface area contributed by atoms with E-state index in [4.69, 9.17) is 0 Å². The Morgan fingerprint density at radius 2 is 1.70 bits per heavy atom. The predicted molar refractivity (Wildman–Crippen MR) is 102 cm³/mol. The first-order valence-corrected chi connectivity index (χ1v) is 9.00. The van der Waals surface area contributed by atoms with Gasteiger partial charge in [-0.15, -0.1) is 0 Å². The number of benzene rings is 1. The fourth-order valence-corrected chi connectivity index (χ4v) is 2.52. The second-order valence-electron chi connectivity index (χ2n) is 5.30. The van der Waals surface area contributed by atoms with Crippen LogP contribution in [-0.4, -0.2) is 9.97 Å². The zero-order valence-electron chi connectivity index (χ0n) is 16.0. The Bertz CT molecular complexity index is 505. The number of hydrogen-bond donors (Lipinski definition) is 2.